The molecule has 0 fully saturated rings. The molecule has 98 valence electrons. The van der Waals surface area contributed by atoms with Gasteiger partial charge in [-0.05, 0) is 23.6 Å². The van der Waals surface area contributed by atoms with Gasteiger partial charge in [-0.3, -0.25) is 9.78 Å². The van der Waals surface area contributed by atoms with Crippen LogP contribution in [0.3, 0.4) is 0 Å². The van der Waals surface area contributed by atoms with Crippen molar-refractivity contribution in [2.24, 2.45) is 0 Å². The van der Waals surface area contributed by atoms with Gasteiger partial charge in [-0.15, -0.1) is 0 Å². The zero-order valence-corrected chi connectivity index (χ0v) is 11.0. The minimum absolute atomic E-state index is 0.469. The third kappa shape index (κ3) is 3.73. The number of benzene rings is 1. The molecule has 0 aliphatic carbocycles. The predicted octanol–water partition coefficient (Wildman–Crippen LogP) is 3.17. The number of hydrogen-bond donors (Lipinski definition) is 0. The van der Waals surface area contributed by atoms with Gasteiger partial charge in [0.1, 0.15) is 0 Å². The van der Waals surface area contributed by atoms with Gasteiger partial charge in [-0.1, -0.05) is 37.3 Å². The molecule has 2 aromatic rings. The van der Waals surface area contributed by atoms with Gasteiger partial charge in [0, 0.05) is 11.8 Å². The van der Waals surface area contributed by atoms with Gasteiger partial charge in [0.15, 0.2) is 6.29 Å². The summed E-state index contributed by atoms with van der Waals surface area (Å²) in [6, 6.07) is 11.9. The molecular weight excluding hydrogens is 238 g/mol. The Morgan fingerprint density at radius 2 is 2.00 bits per heavy atom. The van der Waals surface area contributed by atoms with Gasteiger partial charge in [-0.2, -0.15) is 0 Å². The highest BCUT2D eigenvalue weighted by molar-refractivity contribution is 5.74. The minimum Gasteiger partial charge on any atom is -0.370 e. The van der Waals surface area contributed by atoms with Crippen LogP contribution in [0.1, 0.15) is 34.1 Å². The normalized spacial score (nSPS) is 10.4. The summed E-state index contributed by atoms with van der Waals surface area (Å²) in [4.78, 5) is 15.0. The first-order chi connectivity index (χ1) is 9.33. The number of carbonyl (C=O) groups excluding carboxylic acids is 1. The Labute approximate surface area is 113 Å². The summed E-state index contributed by atoms with van der Waals surface area (Å²) < 4.78 is 5.67. The first-order valence-electron chi connectivity index (χ1n) is 6.38. The molecule has 3 nitrogen and oxygen atoms in total. The Kier molecular flexibility index (Phi) is 4.81. The number of aryl methyl sites for hydroxylation is 1. The van der Waals surface area contributed by atoms with Crippen molar-refractivity contribution < 1.29 is 9.53 Å². The van der Waals surface area contributed by atoms with Crippen molar-refractivity contribution in [2.45, 2.75) is 26.6 Å². The van der Waals surface area contributed by atoms with Crippen molar-refractivity contribution in [3.63, 3.8) is 0 Å². The van der Waals surface area contributed by atoms with E-state index in [9.17, 15) is 4.79 Å². The van der Waals surface area contributed by atoms with E-state index in [2.05, 4.69) is 4.98 Å². The van der Waals surface area contributed by atoms with E-state index < -0.39 is 0 Å². The number of hydrogen-bond acceptors (Lipinski definition) is 3. The second kappa shape index (κ2) is 6.81. The fraction of sp³-hybridized carbons (Fsp3) is 0.250. The molecule has 0 atom stereocenters. The Hall–Kier alpha value is -2.00. The second-order valence-corrected chi connectivity index (χ2v) is 4.32. The quantitative estimate of drug-likeness (QED) is 0.744. The van der Waals surface area contributed by atoms with E-state index in [4.69, 9.17) is 4.74 Å². The average molecular weight is 255 g/mol. The van der Waals surface area contributed by atoms with Gasteiger partial charge >= 0.3 is 0 Å². The Balaban J connectivity index is 1.97. The lowest BCUT2D eigenvalue weighted by atomic mass is 10.1. The van der Waals surface area contributed by atoms with E-state index in [1.807, 2.05) is 43.3 Å². The molecule has 1 aromatic carbocycles. The number of carbonyl (C=O) groups is 1. The lowest BCUT2D eigenvalue weighted by molar-refractivity contribution is 0.104. The van der Waals surface area contributed by atoms with Crippen molar-refractivity contribution in [3.8, 4) is 0 Å². The van der Waals surface area contributed by atoms with Crippen molar-refractivity contribution >= 4 is 6.29 Å². The molecule has 0 N–H and O–H groups in total. The molecule has 19 heavy (non-hydrogen) atoms. The van der Waals surface area contributed by atoms with Crippen LogP contribution < -0.4 is 0 Å². The first kappa shape index (κ1) is 13.4. The smallest absolute Gasteiger partial charge is 0.151 e. The van der Waals surface area contributed by atoms with Crippen LogP contribution in [0, 0.1) is 0 Å². The highest BCUT2D eigenvalue weighted by Crippen LogP contribution is 2.11. The molecule has 2 rings (SSSR count). The molecule has 0 amide bonds. The Morgan fingerprint density at radius 3 is 2.68 bits per heavy atom. The number of nitrogens with zero attached hydrogens (tertiary/aromatic N) is 1. The van der Waals surface area contributed by atoms with Gasteiger partial charge < -0.3 is 4.74 Å². The van der Waals surface area contributed by atoms with Crippen molar-refractivity contribution in [2.75, 3.05) is 0 Å². The third-order valence-electron chi connectivity index (χ3n) is 2.95. The van der Waals surface area contributed by atoms with Crippen LogP contribution in [0.15, 0.2) is 42.6 Å². The van der Waals surface area contributed by atoms with Crippen LogP contribution in [0.2, 0.25) is 0 Å². The maximum atomic E-state index is 10.7. The molecule has 0 unspecified atom stereocenters. The summed E-state index contributed by atoms with van der Waals surface area (Å²) in [5.41, 5.74) is 3.73. The Bertz CT molecular complexity index is 538. The number of aldehydes is 1. The molecule has 0 radical (unpaired) electrons. The highest BCUT2D eigenvalue weighted by Gasteiger charge is 2.04. The predicted molar refractivity (Wildman–Crippen MR) is 73.9 cm³/mol. The largest absolute Gasteiger partial charge is 0.370 e. The van der Waals surface area contributed by atoms with Gasteiger partial charge in [0.05, 0.1) is 18.9 Å². The molecule has 1 heterocycles. The van der Waals surface area contributed by atoms with E-state index in [0.717, 1.165) is 29.5 Å². The average Bonchev–Trinajstić information content (AvgIpc) is 2.48. The number of rotatable bonds is 6. The van der Waals surface area contributed by atoms with Crippen LogP contribution in [0.5, 0.6) is 0 Å². The SMILES string of the molecule is CCc1cc(C=O)cnc1COCc1ccccc1. The molecule has 1 aromatic heterocycles. The molecule has 0 saturated heterocycles. The molecule has 3 heteroatoms. The third-order valence-corrected chi connectivity index (χ3v) is 2.95. The summed E-state index contributed by atoms with van der Waals surface area (Å²) in [6.07, 6.45) is 3.26. The minimum atomic E-state index is 0.469. The fourth-order valence-corrected chi connectivity index (χ4v) is 1.90. The second-order valence-electron chi connectivity index (χ2n) is 4.32. The van der Waals surface area contributed by atoms with E-state index >= 15 is 0 Å². The summed E-state index contributed by atoms with van der Waals surface area (Å²) >= 11 is 0. The van der Waals surface area contributed by atoms with E-state index in [0.29, 0.717) is 18.8 Å². The van der Waals surface area contributed by atoms with Crippen molar-refractivity contribution in [1.29, 1.82) is 0 Å². The van der Waals surface area contributed by atoms with Crippen molar-refractivity contribution in [3.05, 3.63) is 65.0 Å². The lowest BCUT2D eigenvalue weighted by Gasteiger charge is -2.08. The zero-order valence-electron chi connectivity index (χ0n) is 11.0. The van der Waals surface area contributed by atoms with E-state index in [1.54, 1.807) is 6.20 Å². The molecular formula is C16H17NO2. The summed E-state index contributed by atoms with van der Waals surface area (Å²) in [6.45, 7) is 3.09. The van der Waals surface area contributed by atoms with Crippen LogP contribution in [-0.2, 0) is 24.4 Å². The number of aromatic nitrogens is 1. The zero-order chi connectivity index (χ0) is 13.5. The number of pyridine rings is 1. The summed E-state index contributed by atoms with van der Waals surface area (Å²) in [7, 11) is 0. The van der Waals surface area contributed by atoms with Crippen LogP contribution in [0.25, 0.3) is 0 Å². The van der Waals surface area contributed by atoms with Crippen molar-refractivity contribution in [1.82, 2.24) is 4.98 Å². The topological polar surface area (TPSA) is 39.2 Å². The Morgan fingerprint density at radius 1 is 1.21 bits per heavy atom. The molecule has 0 saturated carbocycles. The number of ether oxygens (including phenoxy) is 1. The van der Waals surface area contributed by atoms with Gasteiger partial charge in [0.25, 0.3) is 0 Å². The lowest BCUT2D eigenvalue weighted by Crippen LogP contribution is -2.02. The van der Waals surface area contributed by atoms with E-state index in [-0.39, 0.29) is 0 Å². The molecule has 0 aliphatic rings. The first-order valence-corrected chi connectivity index (χ1v) is 6.38. The highest BCUT2D eigenvalue weighted by atomic mass is 16.5. The van der Waals surface area contributed by atoms with Gasteiger partial charge in [-0.25, -0.2) is 0 Å². The maximum absolute atomic E-state index is 10.7. The molecule has 0 spiro atoms. The standard InChI is InChI=1S/C16H17NO2/c1-2-15-8-14(10-18)9-17-16(15)12-19-11-13-6-4-3-5-7-13/h3-10H,2,11-12H2,1H3. The fourth-order valence-electron chi connectivity index (χ4n) is 1.90. The van der Waals surface area contributed by atoms with Crippen LogP contribution >= 0.6 is 0 Å². The molecule has 0 bridgehead atoms. The maximum Gasteiger partial charge on any atom is 0.151 e. The molecule has 0 aliphatic heterocycles. The summed E-state index contributed by atoms with van der Waals surface area (Å²) in [5, 5.41) is 0. The van der Waals surface area contributed by atoms with Crippen LogP contribution in [0.4, 0.5) is 0 Å². The monoisotopic (exact) mass is 255 g/mol. The van der Waals surface area contributed by atoms with Gasteiger partial charge in [0.2, 0.25) is 0 Å². The van der Waals surface area contributed by atoms with E-state index in [1.165, 1.54) is 0 Å². The summed E-state index contributed by atoms with van der Waals surface area (Å²) in [5.74, 6) is 0. The van der Waals surface area contributed by atoms with Crippen LogP contribution in [-0.4, -0.2) is 11.3 Å².